The third-order valence-corrected chi connectivity index (χ3v) is 6.43. The van der Waals surface area contributed by atoms with Gasteiger partial charge in [0.25, 0.3) is 6.43 Å². The SMILES string of the molecule is CCC1(O)CCCCC1.Cc1nc2ccc(-c3c(F)cn4nc(N)nc(N)c34)nc2n1CC(F)F. The second-order valence-corrected chi connectivity index (χ2v) is 8.84. The molecule has 0 saturated heterocycles. The van der Waals surface area contributed by atoms with E-state index in [2.05, 4.69) is 27.0 Å². The van der Waals surface area contributed by atoms with Crippen LogP contribution in [-0.4, -0.2) is 46.3 Å². The van der Waals surface area contributed by atoms with E-state index < -0.39 is 18.8 Å². The topological polar surface area (TPSA) is 133 Å². The Morgan fingerprint density at radius 2 is 1.83 bits per heavy atom. The first kappa shape index (κ1) is 24.7. The van der Waals surface area contributed by atoms with Crippen LogP contribution < -0.4 is 11.5 Å². The number of hydrogen-bond acceptors (Lipinski definition) is 7. The van der Waals surface area contributed by atoms with Crippen molar-refractivity contribution in [1.82, 2.24) is 29.1 Å². The lowest BCUT2D eigenvalue weighted by Crippen LogP contribution is -2.29. The van der Waals surface area contributed by atoms with E-state index in [9.17, 15) is 18.3 Å². The number of alkyl halides is 2. The molecule has 35 heavy (non-hydrogen) atoms. The molecule has 9 nitrogen and oxygen atoms in total. The molecule has 0 radical (unpaired) electrons. The average molecular weight is 491 g/mol. The molecule has 0 amide bonds. The van der Waals surface area contributed by atoms with Crippen molar-refractivity contribution in [3.63, 3.8) is 0 Å². The Kier molecular flexibility index (Phi) is 6.84. The summed E-state index contributed by atoms with van der Waals surface area (Å²) in [4.78, 5) is 12.4. The van der Waals surface area contributed by atoms with Gasteiger partial charge in [-0.2, -0.15) is 4.98 Å². The summed E-state index contributed by atoms with van der Waals surface area (Å²) in [6, 6.07) is 3.12. The van der Waals surface area contributed by atoms with Crippen molar-refractivity contribution in [2.24, 2.45) is 0 Å². The van der Waals surface area contributed by atoms with Crippen LogP contribution in [0.1, 0.15) is 51.3 Å². The number of imidazole rings is 1. The molecular formula is C23H29F3N8O. The number of halogens is 3. The molecule has 4 aromatic heterocycles. The summed E-state index contributed by atoms with van der Waals surface area (Å²) in [7, 11) is 0. The summed E-state index contributed by atoms with van der Waals surface area (Å²) >= 11 is 0. The van der Waals surface area contributed by atoms with Crippen LogP contribution in [0.4, 0.5) is 24.9 Å². The molecule has 0 aromatic carbocycles. The fraction of sp³-hybridized carbons (Fsp3) is 0.478. The summed E-state index contributed by atoms with van der Waals surface area (Å²) in [5, 5.41) is 13.6. The van der Waals surface area contributed by atoms with E-state index in [-0.39, 0.29) is 39.8 Å². The van der Waals surface area contributed by atoms with Crippen molar-refractivity contribution >= 4 is 28.4 Å². The molecule has 0 bridgehead atoms. The second-order valence-electron chi connectivity index (χ2n) is 8.84. The first-order valence-corrected chi connectivity index (χ1v) is 11.6. The van der Waals surface area contributed by atoms with Gasteiger partial charge >= 0.3 is 0 Å². The number of pyridine rings is 1. The van der Waals surface area contributed by atoms with Gasteiger partial charge in [0.05, 0.1) is 29.6 Å². The van der Waals surface area contributed by atoms with Crippen LogP contribution >= 0.6 is 0 Å². The quantitative estimate of drug-likeness (QED) is 0.392. The molecule has 5 rings (SSSR count). The highest BCUT2D eigenvalue weighted by atomic mass is 19.3. The summed E-state index contributed by atoms with van der Waals surface area (Å²) < 4.78 is 42.7. The molecule has 0 atom stereocenters. The molecule has 0 aliphatic heterocycles. The largest absolute Gasteiger partial charge is 0.390 e. The standard InChI is InChI=1S/C15H13F3N8.C8H16O/c1-6-21-9-3-2-8(22-14(9)25(6)5-10(17)18)11-7(16)4-26-12(11)13(19)23-15(20)24-26;1-2-8(9)6-4-3-5-7-8/h2-4,10H,5H2,1H3,(H4,19,20,23,24);9H,2-7H2,1H3. The predicted octanol–water partition coefficient (Wildman–Crippen LogP) is 4.11. The van der Waals surface area contributed by atoms with Crippen molar-refractivity contribution in [1.29, 1.82) is 0 Å². The van der Waals surface area contributed by atoms with E-state index in [0.29, 0.717) is 11.3 Å². The fourth-order valence-corrected chi connectivity index (χ4v) is 4.52. The third kappa shape index (κ3) is 5.02. The van der Waals surface area contributed by atoms with Crippen LogP contribution in [-0.2, 0) is 6.54 Å². The van der Waals surface area contributed by atoms with E-state index in [1.807, 2.05) is 0 Å². The monoisotopic (exact) mass is 490 g/mol. The lowest BCUT2D eigenvalue weighted by Gasteiger charge is -2.30. The van der Waals surface area contributed by atoms with Crippen LogP contribution in [0.25, 0.3) is 27.9 Å². The average Bonchev–Trinajstić information content (AvgIpc) is 3.29. The van der Waals surface area contributed by atoms with Gasteiger partial charge in [0.1, 0.15) is 16.9 Å². The molecule has 1 saturated carbocycles. The minimum Gasteiger partial charge on any atom is -0.390 e. The first-order chi connectivity index (χ1) is 16.6. The molecule has 12 heteroatoms. The normalized spacial score (nSPS) is 15.5. The van der Waals surface area contributed by atoms with Gasteiger partial charge in [-0.15, -0.1) is 5.10 Å². The van der Waals surface area contributed by atoms with E-state index in [0.717, 1.165) is 25.5 Å². The maximum Gasteiger partial charge on any atom is 0.256 e. The zero-order valence-corrected chi connectivity index (χ0v) is 19.7. The number of nitrogens with two attached hydrogens (primary N) is 2. The molecule has 188 valence electrons. The number of rotatable bonds is 4. The summed E-state index contributed by atoms with van der Waals surface area (Å²) in [5.74, 6) is -0.371. The zero-order valence-electron chi connectivity index (χ0n) is 19.7. The minimum absolute atomic E-state index is 0.0180. The Morgan fingerprint density at radius 3 is 2.46 bits per heavy atom. The number of aromatic nitrogens is 6. The van der Waals surface area contributed by atoms with Crippen molar-refractivity contribution in [2.75, 3.05) is 11.5 Å². The van der Waals surface area contributed by atoms with E-state index >= 15 is 0 Å². The van der Waals surface area contributed by atoms with Crippen molar-refractivity contribution in [2.45, 2.75) is 70.9 Å². The maximum absolute atomic E-state index is 14.6. The van der Waals surface area contributed by atoms with Gasteiger partial charge in [-0.25, -0.2) is 27.7 Å². The number of nitrogen functional groups attached to an aromatic ring is 2. The lowest BCUT2D eigenvalue weighted by molar-refractivity contribution is 0.000669. The number of aliphatic hydroxyl groups is 1. The Bertz CT molecular complexity index is 1340. The van der Waals surface area contributed by atoms with Gasteiger partial charge in [-0.05, 0) is 38.3 Å². The van der Waals surface area contributed by atoms with Gasteiger partial charge in [-0.1, -0.05) is 26.2 Å². The molecular weight excluding hydrogens is 461 g/mol. The van der Waals surface area contributed by atoms with Crippen molar-refractivity contribution in [3.8, 4) is 11.3 Å². The highest BCUT2D eigenvalue weighted by molar-refractivity contribution is 5.88. The van der Waals surface area contributed by atoms with E-state index in [1.54, 1.807) is 13.0 Å². The van der Waals surface area contributed by atoms with Gasteiger partial charge in [0.2, 0.25) is 5.95 Å². The van der Waals surface area contributed by atoms with E-state index in [1.165, 1.54) is 34.4 Å². The predicted molar refractivity (Wildman–Crippen MR) is 127 cm³/mol. The number of fused-ring (bicyclic) bond motifs is 2. The number of aryl methyl sites for hydroxylation is 1. The molecule has 1 aliphatic carbocycles. The minimum atomic E-state index is -2.57. The van der Waals surface area contributed by atoms with Crippen LogP contribution in [0, 0.1) is 12.7 Å². The summed E-state index contributed by atoms with van der Waals surface area (Å²) in [5.41, 5.74) is 12.2. The molecule has 0 unspecified atom stereocenters. The maximum atomic E-state index is 14.6. The number of anilines is 2. The number of hydrogen-bond donors (Lipinski definition) is 3. The Hall–Kier alpha value is -3.41. The van der Waals surface area contributed by atoms with Gasteiger partial charge in [-0.3, -0.25) is 0 Å². The smallest absolute Gasteiger partial charge is 0.256 e. The molecule has 0 spiro atoms. The molecule has 5 N–H and O–H groups in total. The van der Waals surface area contributed by atoms with Crippen LogP contribution in [0.2, 0.25) is 0 Å². The van der Waals surface area contributed by atoms with Gasteiger partial charge in [0, 0.05) is 0 Å². The fourth-order valence-electron chi connectivity index (χ4n) is 4.52. The van der Waals surface area contributed by atoms with Gasteiger partial charge < -0.3 is 21.1 Å². The van der Waals surface area contributed by atoms with Gasteiger partial charge in [0.15, 0.2) is 17.3 Å². The summed E-state index contributed by atoms with van der Waals surface area (Å²) in [6.45, 7) is 3.12. The van der Waals surface area contributed by atoms with Crippen molar-refractivity contribution in [3.05, 3.63) is 30.0 Å². The number of nitrogens with zero attached hydrogens (tertiary/aromatic N) is 6. The summed E-state index contributed by atoms with van der Waals surface area (Å²) in [6.07, 6.45) is 5.31. The lowest BCUT2D eigenvalue weighted by atomic mass is 9.83. The Labute approximate surface area is 200 Å². The zero-order chi connectivity index (χ0) is 25.3. The molecule has 1 aliphatic rings. The molecule has 1 fully saturated rings. The van der Waals surface area contributed by atoms with E-state index in [4.69, 9.17) is 11.5 Å². The van der Waals surface area contributed by atoms with Crippen LogP contribution in [0.3, 0.4) is 0 Å². The third-order valence-electron chi connectivity index (χ3n) is 6.43. The highest BCUT2D eigenvalue weighted by Crippen LogP contribution is 2.32. The highest BCUT2D eigenvalue weighted by Gasteiger charge is 2.26. The second kappa shape index (κ2) is 9.68. The Balaban J connectivity index is 0.000000271. The van der Waals surface area contributed by atoms with Crippen LogP contribution in [0.5, 0.6) is 0 Å². The Morgan fingerprint density at radius 1 is 1.11 bits per heavy atom. The van der Waals surface area contributed by atoms with Crippen molar-refractivity contribution < 1.29 is 18.3 Å². The molecule has 4 heterocycles. The molecule has 4 aromatic rings. The first-order valence-electron chi connectivity index (χ1n) is 11.6. The van der Waals surface area contributed by atoms with Crippen LogP contribution in [0.15, 0.2) is 18.3 Å².